The predicted molar refractivity (Wildman–Crippen MR) is 104 cm³/mol. The maximum Gasteiger partial charge on any atom is 0.270 e. The van der Waals surface area contributed by atoms with Crippen molar-refractivity contribution in [2.75, 3.05) is 0 Å². The fourth-order valence-electron chi connectivity index (χ4n) is 4.41. The van der Waals surface area contributed by atoms with Gasteiger partial charge in [0.25, 0.3) is 11.5 Å². The summed E-state index contributed by atoms with van der Waals surface area (Å²) in [7, 11) is 0. The Balaban J connectivity index is 1.63. The van der Waals surface area contributed by atoms with Crippen LogP contribution in [0.15, 0.2) is 29.1 Å². The largest absolute Gasteiger partial charge is 0.347 e. The van der Waals surface area contributed by atoms with Crippen molar-refractivity contribution in [3.63, 3.8) is 0 Å². The second-order valence-corrected chi connectivity index (χ2v) is 7.97. The number of rotatable bonds is 5. The molecular formula is C21H23FN4O3. The molecule has 8 heteroatoms. The average Bonchev–Trinajstić information content (AvgIpc) is 2.96. The van der Waals surface area contributed by atoms with Gasteiger partial charge in [-0.25, -0.2) is 9.37 Å². The minimum atomic E-state index is -0.710. The molecule has 1 fully saturated rings. The van der Waals surface area contributed by atoms with Gasteiger partial charge in [-0.3, -0.25) is 19.0 Å². The van der Waals surface area contributed by atoms with Crippen LogP contribution in [0.5, 0.6) is 0 Å². The number of aryl methyl sites for hydroxylation is 1. The van der Waals surface area contributed by atoms with E-state index in [1.807, 2.05) is 0 Å². The minimum absolute atomic E-state index is 0.0255. The van der Waals surface area contributed by atoms with Crippen LogP contribution in [0.3, 0.4) is 0 Å². The van der Waals surface area contributed by atoms with E-state index in [1.165, 1.54) is 12.1 Å². The van der Waals surface area contributed by atoms with Crippen LogP contribution in [0.1, 0.15) is 53.1 Å². The van der Waals surface area contributed by atoms with Crippen LogP contribution in [0.4, 0.5) is 4.39 Å². The number of nitrogens with zero attached hydrogens (tertiary/aromatic N) is 2. The van der Waals surface area contributed by atoms with Crippen LogP contribution >= 0.6 is 0 Å². The van der Waals surface area contributed by atoms with Gasteiger partial charge in [0.1, 0.15) is 17.3 Å². The summed E-state index contributed by atoms with van der Waals surface area (Å²) >= 11 is 0. The van der Waals surface area contributed by atoms with Crippen molar-refractivity contribution in [2.24, 2.45) is 5.92 Å². The molecule has 1 aliphatic carbocycles. The number of nitrogens with one attached hydrogen (secondary N) is 2. The molecule has 1 aromatic carbocycles. The first-order valence-electron chi connectivity index (χ1n) is 9.79. The van der Waals surface area contributed by atoms with Gasteiger partial charge in [0.2, 0.25) is 6.41 Å². The standard InChI is InChI=1S/C21H23FN4O3/c1-13-8-15(2-3-16(13)22)10-23-19(29)17-9-18(28)26-11-14-4-6-21(7-5-14,24-12-27)20(26)25-17/h2-3,8-9,12,14H,4-7,10-11H2,1H3,(H,23,29)(H,24,27). The molecular weight excluding hydrogens is 375 g/mol. The van der Waals surface area contributed by atoms with Crippen LogP contribution in [-0.4, -0.2) is 21.9 Å². The van der Waals surface area contributed by atoms with E-state index in [2.05, 4.69) is 15.6 Å². The van der Waals surface area contributed by atoms with E-state index in [1.54, 1.807) is 23.6 Å². The Hall–Kier alpha value is -3.03. The van der Waals surface area contributed by atoms with Gasteiger partial charge in [-0.05, 0) is 55.7 Å². The summed E-state index contributed by atoms with van der Waals surface area (Å²) < 4.78 is 15.0. The minimum Gasteiger partial charge on any atom is -0.347 e. The number of aromatic nitrogens is 2. The van der Waals surface area contributed by atoms with Crippen molar-refractivity contribution < 1.29 is 14.0 Å². The molecule has 5 rings (SSSR count). The highest BCUT2D eigenvalue weighted by atomic mass is 19.1. The number of carbonyl (C=O) groups excluding carboxylic acids is 2. The van der Waals surface area contributed by atoms with Gasteiger partial charge < -0.3 is 10.6 Å². The van der Waals surface area contributed by atoms with Crippen LogP contribution in [0.2, 0.25) is 0 Å². The predicted octanol–water partition coefficient (Wildman–Crippen LogP) is 1.77. The lowest BCUT2D eigenvalue weighted by Gasteiger charge is -2.35. The second kappa shape index (κ2) is 7.42. The molecule has 2 aromatic rings. The molecule has 0 radical (unpaired) electrons. The lowest BCUT2D eigenvalue weighted by atomic mass is 9.77. The van der Waals surface area contributed by atoms with Crippen molar-refractivity contribution >= 4 is 12.3 Å². The van der Waals surface area contributed by atoms with E-state index in [0.29, 0.717) is 43.1 Å². The van der Waals surface area contributed by atoms with Crippen molar-refractivity contribution in [1.82, 2.24) is 20.2 Å². The number of hydrogen-bond donors (Lipinski definition) is 2. The van der Waals surface area contributed by atoms with Crippen molar-refractivity contribution in [2.45, 2.75) is 51.2 Å². The van der Waals surface area contributed by atoms with Crippen molar-refractivity contribution in [3.05, 3.63) is 63.1 Å². The maximum absolute atomic E-state index is 13.4. The first-order valence-corrected chi connectivity index (χ1v) is 9.79. The number of halogens is 1. The summed E-state index contributed by atoms with van der Waals surface area (Å²) in [4.78, 5) is 41.2. The maximum atomic E-state index is 13.4. The van der Waals surface area contributed by atoms with Gasteiger partial charge >= 0.3 is 0 Å². The number of benzene rings is 1. The van der Waals surface area contributed by atoms with E-state index in [4.69, 9.17) is 0 Å². The molecule has 3 heterocycles. The highest BCUT2D eigenvalue weighted by Crippen LogP contribution is 2.42. The van der Waals surface area contributed by atoms with E-state index < -0.39 is 11.4 Å². The third-order valence-electron chi connectivity index (χ3n) is 6.08. The zero-order valence-electron chi connectivity index (χ0n) is 16.2. The topological polar surface area (TPSA) is 93.1 Å². The Morgan fingerprint density at radius 2 is 2.10 bits per heavy atom. The van der Waals surface area contributed by atoms with E-state index >= 15 is 0 Å². The zero-order valence-corrected chi connectivity index (χ0v) is 16.2. The summed E-state index contributed by atoms with van der Waals surface area (Å²) in [6.07, 6.45) is 3.83. The molecule has 1 saturated carbocycles. The lowest BCUT2D eigenvalue weighted by molar-refractivity contribution is -0.111. The van der Waals surface area contributed by atoms with Crippen molar-refractivity contribution in [3.8, 4) is 0 Å². The summed E-state index contributed by atoms with van der Waals surface area (Å²) in [5.41, 5.74) is 0.275. The Morgan fingerprint density at radius 3 is 2.79 bits per heavy atom. The number of fused-ring (bicyclic) bond motifs is 2. The zero-order chi connectivity index (χ0) is 20.6. The van der Waals surface area contributed by atoms with Crippen LogP contribution in [-0.2, 0) is 23.4 Å². The third-order valence-corrected chi connectivity index (χ3v) is 6.08. The molecule has 0 spiro atoms. The van der Waals surface area contributed by atoms with Gasteiger partial charge in [-0.2, -0.15) is 0 Å². The SMILES string of the molecule is Cc1cc(CNC(=O)c2cc(=O)n3c(n2)C2(NC=O)CCC(CC2)C3)ccc1F. The van der Waals surface area contributed by atoms with E-state index in [-0.39, 0.29) is 23.6 Å². The van der Waals surface area contributed by atoms with Gasteiger partial charge in [0.05, 0.1) is 5.54 Å². The van der Waals surface area contributed by atoms with E-state index in [9.17, 15) is 18.8 Å². The summed E-state index contributed by atoms with van der Waals surface area (Å²) in [5, 5.41) is 5.61. The second-order valence-electron chi connectivity index (χ2n) is 7.97. The number of hydrogen-bond acceptors (Lipinski definition) is 4. The molecule has 2 N–H and O–H groups in total. The summed E-state index contributed by atoms with van der Waals surface area (Å²) in [6.45, 7) is 2.41. The fourth-order valence-corrected chi connectivity index (χ4v) is 4.41. The first-order chi connectivity index (χ1) is 13.9. The van der Waals surface area contributed by atoms with Crippen molar-refractivity contribution in [1.29, 1.82) is 0 Å². The van der Waals surface area contributed by atoms with Gasteiger partial charge in [0.15, 0.2) is 0 Å². The Morgan fingerprint density at radius 1 is 1.34 bits per heavy atom. The summed E-state index contributed by atoms with van der Waals surface area (Å²) in [5.74, 6) is 0.0504. The normalized spacial score (nSPS) is 22.5. The quantitative estimate of drug-likeness (QED) is 0.751. The van der Waals surface area contributed by atoms with Crippen LogP contribution in [0.25, 0.3) is 0 Å². The number of carbonyl (C=O) groups is 2. The van der Waals surface area contributed by atoms with Gasteiger partial charge in [0, 0.05) is 19.2 Å². The van der Waals surface area contributed by atoms with Crippen LogP contribution in [0, 0.1) is 18.7 Å². The Bertz CT molecular complexity index is 1030. The highest BCUT2D eigenvalue weighted by molar-refractivity contribution is 5.92. The third kappa shape index (κ3) is 3.54. The fraction of sp³-hybridized carbons (Fsp3) is 0.429. The molecule has 0 saturated heterocycles. The molecule has 7 nitrogen and oxygen atoms in total. The Kier molecular flexibility index (Phi) is 4.94. The Labute approximate surface area is 167 Å². The molecule has 2 amide bonds. The van der Waals surface area contributed by atoms with E-state index in [0.717, 1.165) is 18.4 Å². The van der Waals surface area contributed by atoms with Crippen LogP contribution < -0.4 is 16.2 Å². The molecule has 0 atom stereocenters. The highest BCUT2D eigenvalue weighted by Gasteiger charge is 2.43. The molecule has 2 aliphatic heterocycles. The molecule has 3 aliphatic rings. The molecule has 29 heavy (non-hydrogen) atoms. The van der Waals surface area contributed by atoms with Gasteiger partial charge in [-0.15, -0.1) is 0 Å². The molecule has 2 bridgehead atoms. The molecule has 152 valence electrons. The molecule has 1 aromatic heterocycles. The lowest BCUT2D eigenvalue weighted by Crippen LogP contribution is -2.46. The van der Waals surface area contributed by atoms with Gasteiger partial charge in [-0.1, -0.05) is 12.1 Å². The number of amides is 2. The monoisotopic (exact) mass is 398 g/mol. The average molecular weight is 398 g/mol. The molecule has 0 unspecified atom stereocenters. The summed E-state index contributed by atoms with van der Waals surface area (Å²) in [6, 6.07) is 5.86. The first kappa shape index (κ1) is 19.3. The smallest absolute Gasteiger partial charge is 0.270 e.